The number of para-hydroxylation sites is 3. The molecule has 9 aromatic carbocycles. The fourth-order valence-corrected chi connectivity index (χ4v) is 9.63. The second-order valence-corrected chi connectivity index (χ2v) is 15.4. The van der Waals surface area contributed by atoms with Gasteiger partial charge in [0.05, 0.1) is 38.8 Å². The van der Waals surface area contributed by atoms with Gasteiger partial charge in [-0.25, -0.2) is 9.97 Å². The van der Waals surface area contributed by atoms with Crippen molar-refractivity contribution in [1.82, 2.24) is 18.9 Å². The Labute approximate surface area is 346 Å². The van der Waals surface area contributed by atoms with Gasteiger partial charge in [-0.05, 0) is 76.2 Å². The summed E-state index contributed by atoms with van der Waals surface area (Å²) in [5.74, 6) is 0.655. The summed E-state index contributed by atoms with van der Waals surface area (Å²) in [6.07, 6.45) is 0. The molecule has 0 N–H and O–H groups in total. The molecule has 13 aromatic rings. The molecule has 4 heterocycles. The number of benzene rings is 9. The van der Waals surface area contributed by atoms with Crippen molar-refractivity contribution in [2.45, 2.75) is 13.8 Å². The molecule has 0 aliphatic rings. The van der Waals surface area contributed by atoms with Crippen LogP contribution in [0.15, 0.2) is 194 Å². The zero-order valence-corrected chi connectivity index (χ0v) is 33.3. The molecule has 282 valence electrons. The molecule has 4 heteroatoms. The van der Waals surface area contributed by atoms with E-state index in [1.54, 1.807) is 0 Å². The Balaban J connectivity index is 0.00000191. The standard InChI is InChI=1S/C54H32N4.C2H6/c1-2-12-33(13-3-1)35-15-10-16-38(30-35)51-44-27-24-34-14-4-5-17-39(34)52(44)56-54(55-51)58-48-23-9-7-19-41(48)45-31-36(26-29-50(45)58)37-25-28-49-46(32-37)43-21-11-20-42-40-18-6-8-22-47(40)57(49)53(42)43;1-2/h1-32H;1-2H3. The Morgan fingerprint density at radius 1 is 0.333 bits per heavy atom. The highest BCUT2D eigenvalue weighted by Gasteiger charge is 2.21. The van der Waals surface area contributed by atoms with E-state index in [0.29, 0.717) is 5.95 Å². The van der Waals surface area contributed by atoms with Gasteiger partial charge in [-0.1, -0.05) is 159 Å². The van der Waals surface area contributed by atoms with E-state index in [1.165, 1.54) is 65.6 Å². The van der Waals surface area contributed by atoms with Gasteiger partial charge in [-0.15, -0.1) is 0 Å². The van der Waals surface area contributed by atoms with E-state index in [9.17, 15) is 0 Å². The van der Waals surface area contributed by atoms with Crippen molar-refractivity contribution < 1.29 is 0 Å². The van der Waals surface area contributed by atoms with Crippen molar-refractivity contribution in [3.05, 3.63) is 194 Å². The van der Waals surface area contributed by atoms with Crippen LogP contribution in [0.4, 0.5) is 0 Å². The molecule has 0 aliphatic heterocycles. The smallest absolute Gasteiger partial charge is 0.235 e. The van der Waals surface area contributed by atoms with Gasteiger partial charge in [0, 0.05) is 48.7 Å². The molecule has 0 amide bonds. The molecule has 0 atom stereocenters. The first-order valence-electron chi connectivity index (χ1n) is 20.8. The third-order valence-electron chi connectivity index (χ3n) is 12.3. The molecule has 13 rings (SSSR count). The Bertz CT molecular complexity index is 3800. The summed E-state index contributed by atoms with van der Waals surface area (Å²) in [5, 5.41) is 10.8. The molecule has 0 saturated heterocycles. The fourth-order valence-electron chi connectivity index (χ4n) is 9.63. The molecule has 0 unspecified atom stereocenters. The van der Waals surface area contributed by atoms with Crippen molar-refractivity contribution in [3.8, 4) is 39.5 Å². The average molecular weight is 767 g/mol. The lowest BCUT2D eigenvalue weighted by Crippen LogP contribution is -2.04. The number of hydrogen-bond donors (Lipinski definition) is 0. The van der Waals surface area contributed by atoms with E-state index < -0.39 is 0 Å². The summed E-state index contributed by atoms with van der Waals surface area (Å²) in [5.41, 5.74) is 13.5. The second-order valence-electron chi connectivity index (χ2n) is 15.4. The van der Waals surface area contributed by atoms with Crippen LogP contribution in [0.1, 0.15) is 13.8 Å². The molecular formula is C56H38N4. The first kappa shape index (κ1) is 34.2. The Morgan fingerprint density at radius 2 is 0.867 bits per heavy atom. The molecule has 4 aromatic heterocycles. The molecule has 0 saturated carbocycles. The van der Waals surface area contributed by atoms with Gasteiger partial charge in [-0.2, -0.15) is 0 Å². The Hall–Kier alpha value is -7.82. The summed E-state index contributed by atoms with van der Waals surface area (Å²) in [4.78, 5) is 10.9. The zero-order valence-electron chi connectivity index (χ0n) is 33.3. The summed E-state index contributed by atoms with van der Waals surface area (Å²) in [7, 11) is 0. The van der Waals surface area contributed by atoms with E-state index in [1.807, 2.05) is 13.8 Å². The molecule has 0 radical (unpaired) electrons. The van der Waals surface area contributed by atoms with Crippen LogP contribution in [0.2, 0.25) is 0 Å². The fraction of sp³-hybridized carbons (Fsp3) is 0.0357. The van der Waals surface area contributed by atoms with Crippen LogP contribution in [-0.2, 0) is 0 Å². The lowest BCUT2D eigenvalue weighted by Gasteiger charge is -2.14. The van der Waals surface area contributed by atoms with Crippen LogP contribution in [0.3, 0.4) is 0 Å². The zero-order chi connectivity index (χ0) is 39.9. The molecule has 4 nitrogen and oxygen atoms in total. The minimum atomic E-state index is 0.655. The first-order chi connectivity index (χ1) is 29.8. The highest BCUT2D eigenvalue weighted by atomic mass is 15.2. The second kappa shape index (κ2) is 13.4. The molecule has 0 aliphatic carbocycles. The van der Waals surface area contributed by atoms with E-state index in [2.05, 4.69) is 203 Å². The molecule has 60 heavy (non-hydrogen) atoms. The van der Waals surface area contributed by atoms with Crippen molar-refractivity contribution >= 4 is 81.6 Å². The largest absolute Gasteiger partial charge is 0.308 e. The van der Waals surface area contributed by atoms with Crippen LogP contribution in [0.25, 0.3) is 121 Å². The Kier molecular flexibility index (Phi) is 7.63. The number of hydrogen-bond acceptors (Lipinski definition) is 2. The quantitative estimate of drug-likeness (QED) is 0.167. The number of rotatable bonds is 4. The summed E-state index contributed by atoms with van der Waals surface area (Å²) < 4.78 is 4.69. The predicted octanol–water partition coefficient (Wildman–Crippen LogP) is 15.1. The van der Waals surface area contributed by atoms with Gasteiger partial charge in [0.15, 0.2) is 0 Å². The third kappa shape index (κ3) is 4.98. The maximum Gasteiger partial charge on any atom is 0.235 e. The van der Waals surface area contributed by atoms with Crippen molar-refractivity contribution in [3.63, 3.8) is 0 Å². The van der Waals surface area contributed by atoms with Crippen LogP contribution in [0.5, 0.6) is 0 Å². The monoisotopic (exact) mass is 766 g/mol. The maximum absolute atomic E-state index is 5.48. The predicted molar refractivity (Wildman–Crippen MR) is 254 cm³/mol. The SMILES string of the molecule is CC.c1ccc(-c2cccc(-c3nc(-n4c5ccccc5c5cc(-c6ccc7c(c6)c6cccc8c9ccccc9n7c86)ccc54)nc4c3ccc3ccccc34)c2)cc1. The number of fused-ring (bicyclic) bond motifs is 12. The third-order valence-corrected chi connectivity index (χ3v) is 12.3. The molecule has 0 fully saturated rings. The van der Waals surface area contributed by atoms with E-state index in [0.717, 1.165) is 49.5 Å². The molecular weight excluding hydrogens is 729 g/mol. The van der Waals surface area contributed by atoms with Gasteiger partial charge in [-0.3, -0.25) is 4.57 Å². The topological polar surface area (TPSA) is 35.1 Å². The van der Waals surface area contributed by atoms with Gasteiger partial charge >= 0.3 is 0 Å². The van der Waals surface area contributed by atoms with E-state index >= 15 is 0 Å². The molecule has 0 bridgehead atoms. The normalized spacial score (nSPS) is 11.8. The van der Waals surface area contributed by atoms with E-state index in [-0.39, 0.29) is 0 Å². The highest BCUT2D eigenvalue weighted by Crippen LogP contribution is 2.42. The van der Waals surface area contributed by atoms with Gasteiger partial charge < -0.3 is 4.40 Å². The number of aromatic nitrogens is 4. The van der Waals surface area contributed by atoms with Gasteiger partial charge in [0.2, 0.25) is 5.95 Å². The van der Waals surface area contributed by atoms with E-state index in [4.69, 9.17) is 9.97 Å². The lowest BCUT2D eigenvalue weighted by molar-refractivity contribution is 1.02. The first-order valence-corrected chi connectivity index (χ1v) is 20.8. The molecule has 0 spiro atoms. The van der Waals surface area contributed by atoms with Crippen LogP contribution < -0.4 is 0 Å². The summed E-state index contributed by atoms with van der Waals surface area (Å²) in [6, 6.07) is 70.1. The van der Waals surface area contributed by atoms with Gasteiger partial charge in [0.25, 0.3) is 0 Å². The van der Waals surface area contributed by atoms with Crippen molar-refractivity contribution in [2.24, 2.45) is 0 Å². The van der Waals surface area contributed by atoms with Crippen LogP contribution in [-0.4, -0.2) is 18.9 Å². The number of nitrogens with zero attached hydrogens (tertiary/aromatic N) is 4. The van der Waals surface area contributed by atoms with Crippen LogP contribution in [0, 0.1) is 0 Å². The minimum absolute atomic E-state index is 0.655. The minimum Gasteiger partial charge on any atom is -0.308 e. The average Bonchev–Trinajstić information content (AvgIpc) is 3.97. The summed E-state index contributed by atoms with van der Waals surface area (Å²) >= 11 is 0. The Morgan fingerprint density at radius 3 is 1.67 bits per heavy atom. The maximum atomic E-state index is 5.48. The summed E-state index contributed by atoms with van der Waals surface area (Å²) in [6.45, 7) is 4.00. The van der Waals surface area contributed by atoms with Crippen LogP contribution >= 0.6 is 0 Å². The van der Waals surface area contributed by atoms with Gasteiger partial charge in [0.1, 0.15) is 0 Å². The lowest BCUT2D eigenvalue weighted by atomic mass is 9.98. The van der Waals surface area contributed by atoms with Crippen molar-refractivity contribution in [2.75, 3.05) is 0 Å². The van der Waals surface area contributed by atoms with Crippen molar-refractivity contribution in [1.29, 1.82) is 0 Å². The highest BCUT2D eigenvalue weighted by molar-refractivity contribution is 6.23.